The molecule has 0 bridgehead atoms. The fraction of sp³-hybridized carbons (Fsp3) is 0.200. The fourth-order valence-corrected chi connectivity index (χ4v) is 4.04. The topological polar surface area (TPSA) is 132 Å². The van der Waals surface area contributed by atoms with Crippen LogP contribution in [0.3, 0.4) is 0 Å². The van der Waals surface area contributed by atoms with Gasteiger partial charge in [0.05, 0.1) is 27.4 Å². The molecule has 12 heteroatoms. The van der Waals surface area contributed by atoms with Crippen molar-refractivity contribution in [3.63, 3.8) is 0 Å². The molecule has 2 aromatic carbocycles. The molecule has 0 saturated carbocycles. The monoisotopic (exact) mass is 541 g/mol. The lowest BCUT2D eigenvalue weighted by atomic mass is 10.2. The van der Waals surface area contributed by atoms with Crippen LogP contribution in [0.5, 0.6) is 11.5 Å². The van der Waals surface area contributed by atoms with Gasteiger partial charge in [0.25, 0.3) is 5.91 Å². The summed E-state index contributed by atoms with van der Waals surface area (Å²) < 4.78 is 34.0. The number of aromatic nitrogens is 3. The van der Waals surface area contributed by atoms with Crippen molar-refractivity contribution in [2.24, 2.45) is 0 Å². The molecule has 0 unspecified atom stereocenters. The molecule has 2 heterocycles. The standard InChI is InChI=1S/C25H24ClN5O5S/c1-37(33,34)12-11-28-23(32)15-36-22-7-4-6-20-24(22)25(30-16-29-20)31-17-8-9-21(19(26)13-17)35-14-18-5-2-3-10-27-18/h2-10,13,16H,11-12,14-15H2,1H3,(H,28,32)(H,29,30,31). The lowest BCUT2D eigenvalue weighted by molar-refractivity contribution is -0.122. The zero-order valence-electron chi connectivity index (χ0n) is 19.8. The van der Waals surface area contributed by atoms with Gasteiger partial charge >= 0.3 is 0 Å². The van der Waals surface area contributed by atoms with E-state index in [9.17, 15) is 13.2 Å². The van der Waals surface area contributed by atoms with Gasteiger partial charge < -0.3 is 20.1 Å². The third kappa shape index (κ3) is 7.51. The van der Waals surface area contributed by atoms with Crippen LogP contribution in [0.15, 0.2) is 67.1 Å². The summed E-state index contributed by atoms with van der Waals surface area (Å²) in [5.74, 6) is 0.762. The molecule has 0 saturated heterocycles. The van der Waals surface area contributed by atoms with Gasteiger partial charge in [0.15, 0.2) is 6.61 Å². The number of halogens is 1. The maximum atomic E-state index is 12.1. The summed E-state index contributed by atoms with van der Waals surface area (Å²) in [5.41, 5.74) is 2.04. The number of hydrogen-bond donors (Lipinski definition) is 2. The number of sulfone groups is 1. The Morgan fingerprint density at radius 1 is 1.00 bits per heavy atom. The van der Waals surface area contributed by atoms with Crippen LogP contribution in [0.25, 0.3) is 10.9 Å². The van der Waals surface area contributed by atoms with Gasteiger partial charge in [-0.1, -0.05) is 23.7 Å². The predicted molar refractivity (Wildman–Crippen MR) is 141 cm³/mol. The normalized spacial score (nSPS) is 11.2. The number of hydrogen-bond acceptors (Lipinski definition) is 9. The van der Waals surface area contributed by atoms with E-state index in [1.54, 1.807) is 42.6 Å². The number of nitrogens with zero attached hydrogens (tertiary/aromatic N) is 3. The van der Waals surface area contributed by atoms with Gasteiger partial charge in [0.1, 0.15) is 40.1 Å². The van der Waals surface area contributed by atoms with Crippen LogP contribution >= 0.6 is 11.6 Å². The van der Waals surface area contributed by atoms with Crippen molar-refractivity contribution in [2.75, 3.05) is 30.5 Å². The molecule has 0 aliphatic rings. The zero-order chi connectivity index (χ0) is 26.3. The number of pyridine rings is 1. The van der Waals surface area contributed by atoms with Crippen molar-refractivity contribution in [3.8, 4) is 11.5 Å². The highest BCUT2D eigenvalue weighted by atomic mass is 35.5. The maximum absolute atomic E-state index is 12.1. The Labute approximate surface area is 218 Å². The first-order valence-corrected chi connectivity index (χ1v) is 13.6. The second-order valence-electron chi connectivity index (χ2n) is 8.02. The van der Waals surface area contributed by atoms with Crippen LogP contribution in [0.1, 0.15) is 5.69 Å². The molecule has 0 aliphatic heterocycles. The Balaban J connectivity index is 1.46. The van der Waals surface area contributed by atoms with E-state index in [4.69, 9.17) is 21.1 Å². The summed E-state index contributed by atoms with van der Waals surface area (Å²) in [6.07, 6.45) is 4.22. The molecule has 2 N–H and O–H groups in total. The van der Waals surface area contributed by atoms with Crippen molar-refractivity contribution >= 4 is 49.8 Å². The highest BCUT2D eigenvalue weighted by Crippen LogP contribution is 2.34. The number of carbonyl (C=O) groups excluding carboxylic acids is 1. The first-order chi connectivity index (χ1) is 17.8. The van der Waals surface area contributed by atoms with Crippen molar-refractivity contribution in [1.82, 2.24) is 20.3 Å². The first-order valence-electron chi connectivity index (χ1n) is 11.2. The fourth-order valence-electron chi connectivity index (χ4n) is 3.33. The van der Waals surface area contributed by atoms with Crippen LogP contribution in [0.2, 0.25) is 5.02 Å². The van der Waals surface area contributed by atoms with E-state index in [-0.39, 0.29) is 25.5 Å². The molecule has 0 atom stereocenters. The quantitative estimate of drug-likeness (QED) is 0.292. The van der Waals surface area contributed by atoms with Crippen molar-refractivity contribution < 1.29 is 22.7 Å². The molecule has 10 nitrogen and oxygen atoms in total. The molecule has 0 spiro atoms. The molecule has 0 radical (unpaired) electrons. The maximum Gasteiger partial charge on any atom is 0.257 e. The number of fused-ring (bicyclic) bond motifs is 1. The van der Waals surface area contributed by atoms with Gasteiger partial charge in [0, 0.05) is 24.7 Å². The van der Waals surface area contributed by atoms with Crippen LogP contribution in [-0.2, 0) is 21.2 Å². The Bertz CT molecular complexity index is 1500. The minimum Gasteiger partial charge on any atom is -0.486 e. The van der Waals surface area contributed by atoms with Crippen LogP contribution in [0, 0.1) is 0 Å². The number of amides is 1. The minimum atomic E-state index is -3.17. The van der Waals surface area contributed by atoms with E-state index < -0.39 is 15.7 Å². The molecular weight excluding hydrogens is 518 g/mol. The van der Waals surface area contributed by atoms with E-state index >= 15 is 0 Å². The number of ether oxygens (including phenoxy) is 2. The largest absolute Gasteiger partial charge is 0.486 e. The van der Waals surface area contributed by atoms with Crippen molar-refractivity contribution in [3.05, 3.63) is 77.8 Å². The van der Waals surface area contributed by atoms with E-state index in [0.717, 1.165) is 11.9 Å². The third-order valence-corrected chi connectivity index (χ3v) is 6.32. The summed E-state index contributed by atoms with van der Waals surface area (Å²) in [6, 6.07) is 16.1. The SMILES string of the molecule is CS(=O)(=O)CCNC(=O)COc1cccc2ncnc(Nc3ccc(OCc4ccccn4)c(Cl)c3)c12. The molecule has 37 heavy (non-hydrogen) atoms. The second kappa shape index (κ2) is 11.8. The third-order valence-electron chi connectivity index (χ3n) is 5.07. The van der Waals surface area contributed by atoms with E-state index in [2.05, 4.69) is 25.6 Å². The van der Waals surface area contributed by atoms with Crippen LogP contribution < -0.4 is 20.1 Å². The summed E-state index contributed by atoms with van der Waals surface area (Å²) in [7, 11) is -3.17. The van der Waals surface area contributed by atoms with Crippen molar-refractivity contribution in [2.45, 2.75) is 6.61 Å². The van der Waals surface area contributed by atoms with E-state index in [1.807, 2.05) is 18.2 Å². The average Bonchev–Trinajstić information content (AvgIpc) is 2.87. The van der Waals surface area contributed by atoms with Gasteiger partial charge in [-0.3, -0.25) is 9.78 Å². The summed E-state index contributed by atoms with van der Waals surface area (Å²) >= 11 is 6.44. The molecule has 192 valence electrons. The number of rotatable bonds is 11. The predicted octanol–water partition coefficient (Wildman–Crippen LogP) is 3.54. The highest BCUT2D eigenvalue weighted by molar-refractivity contribution is 7.90. The first kappa shape index (κ1) is 26.1. The number of anilines is 2. The zero-order valence-corrected chi connectivity index (χ0v) is 21.4. The Hall–Kier alpha value is -3.96. The Morgan fingerprint density at radius 2 is 1.86 bits per heavy atom. The molecule has 2 aromatic heterocycles. The Morgan fingerprint density at radius 3 is 2.62 bits per heavy atom. The summed E-state index contributed by atoms with van der Waals surface area (Å²) in [5, 5.41) is 6.71. The molecule has 0 fully saturated rings. The summed E-state index contributed by atoms with van der Waals surface area (Å²) in [4.78, 5) is 25.0. The second-order valence-corrected chi connectivity index (χ2v) is 10.7. The minimum absolute atomic E-state index is 0.00874. The number of benzene rings is 2. The Kier molecular flexibility index (Phi) is 8.36. The smallest absolute Gasteiger partial charge is 0.257 e. The van der Waals surface area contributed by atoms with Gasteiger partial charge in [-0.25, -0.2) is 18.4 Å². The molecular formula is C25H24ClN5O5S. The molecule has 4 aromatic rings. The van der Waals surface area contributed by atoms with Gasteiger partial charge in [-0.2, -0.15) is 0 Å². The van der Waals surface area contributed by atoms with Gasteiger partial charge in [0.2, 0.25) is 0 Å². The van der Waals surface area contributed by atoms with Crippen LogP contribution in [0.4, 0.5) is 11.5 Å². The average molecular weight is 542 g/mol. The van der Waals surface area contributed by atoms with Gasteiger partial charge in [-0.15, -0.1) is 0 Å². The van der Waals surface area contributed by atoms with E-state index in [1.165, 1.54) is 6.33 Å². The number of carbonyl (C=O) groups is 1. The van der Waals surface area contributed by atoms with Crippen molar-refractivity contribution in [1.29, 1.82) is 0 Å². The molecule has 4 rings (SSSR count). The summed E-state index contributed by atoms with van der Waals surface area (Å²) in [6.45, 7) is -0.00737. The lowest BCUT2D eigenvalue weighted by Crippen LogP contribution is -2.32. The van der Waals surface area contributed by atoms with E-state index in [0.29, 0.717) is 38.9 Å². The number of nitrogens with one attached hydrogen (secondary N) is 2. The highest BCUT2D eigenvalue weighted by Gasteiger charge is 2.13. The van der Waals surface area contributed by atoms with Crippen LogP contribution in [-0.4, -0.2) is 54.4 Å². The molecule has 0 aliphatic carbocycles. The lowest BCUT2D eigenvalue weighted by Gasteiger charge is -2.14. The van der Waals surface area contributed by atoms with Gasteiger partial charge in [-0.05, 0) is 42.5 Å². The molecule has 1 amide bonds.